The summed E-state index contributed by atoms with van der Waals surface area (Å²) in [5.74, 6) is 0. The Kier molecular flexibility index (Phi) is 2.25. The van der Waals surface area contributed by atoms with Crippen LogP contribution in [0.25, 0.3) is 0 Å². The Hall–Kier alpha value is -0.160. The predicted molar refractivity (Wildman–Crippen MR) is 35.5 cm³/mol. The predicted octanol–water partition coefficient (Wildman–Crippen LogP) is -1.32. The van der Waals surface area contributed by atoms with E-state index in [0.717, 1.165) is 0 Å². The van der Waals surface area contributed by atoms with Crippen LogP contribution in [0.3, 0.4) is 0 Å². The van der Waals surface area contributed by atoms with Crippen LogP contribution in [0.1, 0.15) is 6.42 Å². The highest BCUT2D eigenvalue weighted by Crippen LogP contribution is 2.18. The average Bonchev–Trinajstić information content (AvgIpc) is 2.33. The smallest absolute Gasteiger partial charge is 0.110 e. The Morgan fingerprint density at radius 2 is 2.50 bits per heavy atom. The highest BCUT2D eigenvalue weighted by Gasteiger charge is 2.36. The fourth-order valence-electron chi connectivity index (χ4n) is 1.08. The molecule has 0 aromatic carbocycles. The molecule has 0 aromatic heterocycles. The second-order valence-corrected chi connectivity index (χ2v) is 2.69. The number of nitrogens with one attached hydrogen (secondary N) is 1. The van der Waals surface area contributed by atoms with E-state index in [-0.39, 0.29) is 12.8 Å². The van der Waals surface area contributed by atoms with Gasteiger partial charge in [0.25, 0.3) is 0 Å². The molecule has 3 N–H and O–H groups in total. The molecule has 0 spiro atoms. The van der Waals surface area contributed by atoms with Crippen molar-refractivity contribution in [2.24, 2.45) is 0 Å². The fraction of sp³-hybridized carbons (Fsp3) is 1.00. The molecule has 4 nitrogen and oxygen atoms in total. The molecule has 10 heavy (non-hydrogen) atoms. The van der Waals surface area contributed by atoms with E-state index in [9.17, 15) is 5.11 Å². The van der Waals surface area contributed by atoms with Crippen molar-refractivity contribution >= 4 is 0 Å². The third-order valence-corrected chi connectivity index (χ3v) is 1.80. The Morgan fingerprint density at radius 1 is 1.80 bits per heavy atom. The molecule has 0 bridgehead atoms. The van der Waals surface area contributed by atoms with Gasteiger partial charge in [0, 0.05) is 20.1 Å². The molecule has 0 saturated carbocycles. The highest BCUT2D eigenvalue weighted by molar-refractivity contribution is 4.89. The van der Waals surface area contributed by atoms with E-state index in [2.05, 4.69) is 5.32 Å². The largest absolute Gasteiger partial charge is 0.393 e. The summed E-state index contributed by atoms with van der Waals surface area (Å²) >= 11 is 0. The Labute approximate surface area is 59.8 Å². The molecule has 1 fully saturated rings. The Bertz CT molecular complexity index is 120. The quantitative estimate of drug-likeness (QED) is 0.453. The Morgan fingerprint density at radius 3 is 2.80 bits per heavy atom. The summed E-state index contributed by atoms with van der Waals surface area (Å²) in [5.41, 5.74) is -0.972. The standard InChI is InChI=1S/C6H13NO3/c1-10-5-2-6(9,4-8)3-7-5/h5,7-9H,2-4H2,1H3/t5?,6-/m0/s1. The first-order valence-electron chi connectivity index (χ1n) is 3.29. The zero-order chi connectivity index (χ0) is 7.61. The number of aliphatic hydroxyl groups is 2. The van der Waals surface area contributed by atoms with Crippen molar-refractivity contribution in [3.05, 3.63) is 0 Å². The third kappa shape index (κ3) is 1.46. The second kappa shape index (κ2) is 2.84. The molecule has 1 heterocycles. The number of methoxy groups -OCH3 is 1. The first kappa shape index (κ1) is 7.94. The van der Waals surface area contributed by atoms with Gasteiger partial charge in [0.2, 0.25) is 0 Å². The van der Waals surface area contributed by atoms with Crippen molar-refractivity contribution in [1.82, 2.24) is 5.32 Å². The molecule has 4 heteroatoms. The second-order valence-electron chi connectivity index (χ2n) is 2.69. The lowest BCUT2D eigenvalue weighted by molar-refractivity contribution is -0.0139. The first-order chi connectivity index (χ1) is 4.70. The van der Waals surface area contributed by atoms with Crippen molar-refractivity contribution in [3.8, 4) is 0 Å². The summed E-state index contributed by atoms with van der Waals surface area (Å²) in [6, 6.07) is 0. The third-order valence-electron chi connectivity index (χ3n) is 1.80. The lowest BCUT2D eigenvalue weighted by Crippen LogP contribution is -2.35. The monoisotopic (exact) mass is 147 g/mol. The molecule has 0 aliphatic carbocycles. The molecular weight excluding hydrogens is 134 g/mol. The van der Waals surface area contributed by atoms with Crippen LogP contribution in [0.2, 0.25) is 0 Å². The summed E-state index contributed by atoms with van der Waals surface area (Å²) in [7, 11) is 1.57. The summed E-state index contributed by atoms with van der Waals surface area (Å²) in [6.07, 6.45) is 0.345. The lowest BCUT2D eigenvalue weighted by atomic mass is 10.1. The maximum absolute atomic E-state index is 9.41. The number of ether oxygens (including phenoxy) is 1. The van der Waals surface area contributed by atoms with Gasteiger partial charge in [-0.3, -0.25) is 5.32 Å². The van der Waals surface area contributed by atoms with Gasteiger partial charge in [-0.25, -0.2) is 0 Å². The van der Waals surface area contributed by atoms with Gasteiger partial charge in [-0.2, -0.15) is 0 Å². The van der Waals surface area contributed by atoms with E-state index in [0.29, 0.717) is 13.0 Å². The molecule has 0 radical (unpaired) electrons. The van der Waals surface area contributed by atoms with Gasteiger partial charge in [0.1, 0.15) is 11.8 Å². The zero-order valence-corrected chi connectivity index (χ0v) is 6.00. The lowest BCUT2D eigenvalue weighted by Gasteiger charge is -2.16. The molecule has 1 aliphatic rings. The molecule has 2 atom stereocenters. The van der Waals surface area contributed by atoms with E-state index in [4.69, 9.17) is 9.84 Å². The topological polar surface area (TPSA) is 61.7 Å². The van der Waals surface area contributed by atoms with Crippen LogP contribution in [0.4, 0.5) is 0 Å². The SMILES string of the molecule is COC1C[C@@](O)(CO)CN1. The van der Waals surface area contributed by atoms with Crippen LogP contribution in [0.5, 0.6) is 0 Å². The number of hydrogen-bond acceptors (Lipinski definition) is 4. The van der Waals surface area contributed by atoms with Gasteiger partial charge < -0.3 is 14.9 Å². The molecule has 0 amide bonds. The van der Waals surface area contributed by atoms with Crippen molar-refractivity contribution < 1.29 is 14.9 Å². The van der Waals surface area contributed by atoms with Gasteiger partial charge >= 0.3 is 0 Å². The summed E-state index contributed by atoms with van der Waals surface area (Å²) in [4.78, 5) is 0. The van der Waals surface area contributed by atoms with Gasteiger partial charge in [-0.15, -0.1) is 0 Å². The van der Waals surface area contributed by atoms with Crippen molar-refractivity contribution in [2.75, 3.05) is 20.3 Å². The van der Waals surface area contributed by atoms with Crippen LogP contribution in [-0.2, 0) is 4.74 Å². The molecule has 1 saturated heterocycles. The zero-order valence-electron chi connectivity index (χ0n) is 6.00. The first-order valence-corrected chi connectivity index (χ1v) is 3.29. The number of aliphatic hydroxyl groups excluding tert-OH is 1. The van der Waals surface area contributed by atoms with E-state index < -0.39 is 5.60 Å². The van der Waals surface area contributed by atoms with Crippen LogP contribution >= 0.6 is 0 Å². The molecular formula is C6H13NO3. The fourth-order valence-corrected chi connectivity index (χ4v) is 1.08. The molecule has 1 rings (SSSR count). The van der Waals surface area contributed by atoms with Crippen LogP contribution in [-0.4, -0.2) is 42.3 Å². The normalized spacial score (nSPS) is 40.5. The minimum absolute atomic E-state index is 0.114. The van der Waals surface area contributed by atoms with E-state index in [1.54, 1.807) is 7.11 Å². The maximum atomic E-state index is 9.41. The molecule has 0 aromatic rings. The minimum atomic E-state index is -0.972. The van der Waals surface area contributed by atoms with Crippen LogP contribution in [0, 0.1) is 0 Å². The Balaban J connectivity index is 2.41. The van der Waals surface area contributed by atoms with Crippen molar-refractivity contribution in [3.63, 3.8) is 0 Å². The van der Waals surface area contributed by atoms with Crippen LogP contribution in [0.15, 0.2) is 0 Å². The molecule has 60 valence electrons. The maximum Gasteiger partial charge on any atom is 0.110 e. The van der Waals surface area contributed by atoms with Gasteiger partial charge in [-0.1, -0.05) is 0 Å². The number of rotatable bonds is 2. The average molecular weight is 147 g/mol. The minimum Gasteiger partial charge on any atom is -0.393 e. The summed E-state index contributed by atoms with van der Waals surface area (Å²) < 4.78 is 4.93. The number of hydrogen-bond donors (Lipinski definition) is 3. The van der Waals surface area contributed by atoms with E-state index in [1.165, 1.54) is 0 Å². The van der Waals surface area contributed by atoms with Crippen LogP contribution < -0.4 is 5.32 Å². The van der Waals surface area contributed by atoms with E-state index >= 15 is 0 Å². The van der Waals surface area contributed by atoms with Crippen molar-refractivity contribution in [1.29, 1.82) is 0 Å². The van der Waals surface area contributed by atoms with Gasteiger partial charge in [0.05, 0.1) is 6.61 Å². The summed E-state index contributed by atoms with van der Waals surface area (Å²) in [6.45, 7) is 0.196. The van der Waals surface area contributed by atoms with Gasteiger partial charge in [-0.05, 0) is 0 Å². The molecule has 1 aliphatic heterocycles. The summed E-state index contributed by atoms with van der Waals surface area (Å²) in [5, 5.41) is 21.0. The van der Waals surface area contributed by atoms with E-state index in [1.807, 2.05) is 0 Å². The highest BCUT2D eigenvalue weighted by atomic mass is 16.5. The number of β-amino-alcohol motifs (C(OH)–C–C–N with tert-alkyl or cyclic N) is 1. The van der Waals surface area contributed by atoms with Crippen molar-refractivity contribution in [2.45, 2.75) is 18.2 Å². The molecule has 1 unspecified atom stereocenters. The van der Waals surface area contributed by atoms with Gasteiger partial charge in [0.15, 0.2) is 0 Å².